The normalized spacial score (nSPS) is 20.2. The first kappa shape index (κ1) is 15.5. The van der Waals surface area contributed by atoms with Gasteiger partial charge in [-0.1, -0.05) is 13.8 Å². The second-order valence-corrected chi connectivity index (χ2v) is 6.63. The molecule has 1 N–H and O–H groups in total. The molecule has 1 aromatic rings. The van der Waals surface area contributed by atoms with Crippen LogP contribution in [0.25, 0.3) is 0 Å². The van der Waals surface area contributed by atoms with E-state index >= 15 is 0 Å². The summed E-state index contributed by atoms with van der Waals surface area (Å²) >= 11 is 0. The van der Waals surface area contributed by atoms with Gasteiger partial charge in [-0.2, -0.15) is 5.10 Å². The van der Waals surface area contributed by atoms with Gasteiger partial charge in [0.1, 0.15) is 0 Å². The van der Waals surface area contributed by atoms with E-state index in [1.165, 1.54) is 12.1 Å². The minimum absolute atomic E-state index is 0.203. The van der Waals surface area contributed by atoms with E-state index in [4.69, 9.17) is 5.10 Å². The third kappa shape index (κ3) is 4.06. The lowest BCUT2D eigenvalue weighted by molar-refractivity contribution is 0.220. The first-order valence-electron chi connectivity index (χ1n) is 8.05. The zero-order chi connectivity index (χ0) is 14.6. The van der Waals surface area contributed by atoms with Gasteiger partial charge in [-0.3, -0.25) is 9.58 Å². The van der Waals surface area contributed by atoms with E-state index in [2.05, 4.69) is 54.9 Å². The average molecular weight is 278 g/mol. The first-order valence-corrected chi connectivity index (χ1v) is 8.05. The summed E-state index contributed by atoms with van der Waals surface area (Å²) in [5, 5.41) is 8.39. The van der Waals surface area contributed by atoms with Gasteiger partial charge in [-0.25, -0.2) is 0 Å². The first-order chi connectivity index (χ1) is 9.54. The van der Waals surface area contributed by atoms with Crippen molar-refractivity contribution in [3.05, 3.63) is 18.0 Å². The second-order valence-electron chi connectivity index (χ2n) is 6.63. The molecule has 0 bridgehead atoms. The third-order valence-corrected chi connectivity index (χ3v) is 4.24. The molecule has 1 aliphatic heterocycles. The van der Waals surface area contributed by atoms with Gasteiger partial charge in [0, 0.05) is 24.8 Å². The SMILES string of the molecule is CCC(CC)n1ccc(CN2CCCNC(C)(C)C2)n1. The van der Waals surface area contributed by atoms with Crippen molar-refractivity contribution in [3.63, 3.8) is 0 Å². The van der Waals surface area contributed by atoms with Crippen LogP contribution in [-0.2, 0) is 6.54 Å². The Morgan fingerprint density at radius 1 is 1.35 bits per heavy atom. The van der Waals surface area contributed by atoms with Gasteiger partial charge < -0.3 is 5.32 Å². The van der Waals surface area contributed by atoms with E-state index in [0.717, 1.165) is 39.0 Å². The molecule has 4 heteroatoms. The van der Waals surface area contributed by atoms with Gasteiger partial charge in [0.05, 0.1) is 11.7 Å². The van der Waals surface area contributed by atoms with Crippen LogP contribution in [0.15, 0.2) is 12.3 Å². The zero-order valence-corrected chi connectivity index (χ0v) is 13.5. The van der Waals surface area contributed by atoms with Crippen molar-refractivity contribution >= 4 is 0 Å². The molecule has 0 amide bonds. The number of nitrogens with one attached hydrogen (secondary N) is 1. The molecule has 0 saturated carbocycles. The highest BCUT2D eigenvalue weighted by molar-refractivity contribution is 5.01. The lowest BCUT2D eigenvalue weighted by Gasteiger charge is -2.29. The predicted octanol–water partition coefficient (Wildman–Crippen LogP) is 2.82. The highest BCUT2D eigenvalue weighted by Gasteiger charge is 2.24. The maximum atomic E-state index is 4.78. The molecule has 1 aliphatic rings. The van der Waals surface area contributed by atoms with E-state index in [0.29, 0.717) is 6.04 Å². The Balaban J connectivity index is 1.99. The summed E-state index contributed by atoms with van der Waals surface area (Å²) in [5.41, 5.74) is 1.41. The van der Waals surface area contributed by atoms with Crippen molar-refractivity contribution in [2.24, 2.45) is 0 Å². The van der Waals surface area contributed by atoms with Crippen LogP contribution in [-0.4, -0.2) is 39.9 Å². The van der Waals surface area contributed by atoms with E-state index in [1.807, 2.05) is 0 Å². The van der Waals surface area contributed by atoms with Crippen LogP contribution in [0.1, 0.15) is 58.7 Å². The molecule has 0 spiro atoms. The summed E-state index contributed by atoms with van der Waals surface area (Å²) < 4.78 is 2.15. The molecule has 1 saturated heterocycles. The second kappa shape index (κ2) is 6.72. The van der Waals surface area contributed by atoms with E-state index in [-0.39, 0.29) is 5.54 Å². The highest BCUT2D eigenvalue weighted by atomic mass is 15.3. The van der Waals surface area contributed by atoms with Gasteiger partial charge in [-0.15, -0.1) is 0 Å². The average Bonchev–Trinajstić information content (AvgIpc) is 2.76. The lowest BCUT2D eigenvalue weighted by Crippen LogP contribution is -2.46. The van der Waals surface area contributed by atoms with Crippen LogP contribution in [0, 0.1) is 0 Å². The van der Waals surface area contributed by atoms with Crippen LogP contribution in [0.5, 0.6) is 0 Å². The molecule has 0 aromatic carbocycles. The van der Waals surface area contributed by atoms with Crippen LogP contribution in [0.2, 0.25) is 0 Å². The summed E-state index contributed by atoms with van der Waals surface area (Å²) in [7, 11) is 0. The zero-order valence-electron chi connectivity index (χ0n) is 13.5. The fourth-order valence-electron chi connectivity index (χ4n) is 3.12. The molecular formula is C16H30N4. The third-order valence-electron chi connectivity index (χ3n) is 4.24. The molecule has 1 aromatic heterocycles. The molecule has 0 radical (unpaired) electrons. The van der Waals surface area contributed by atoms with Crippen molar-refractivity contribution in [1.82, 2.24) is 20.0 Å². The lowest BCUT2D eigenvalue weighted by atomic mass is 10.1. The fourth-order valence-corrected chi connectivity index (χ4v) is 3.12. The Labute approximate surface area is 123 Å². The molecule has 0 aliphatic carbocycles. The van der Waals surface area contributed by atoms with E-state index in [9.17, 15) is 0 Å². The van der Waals surface area contributed by atoms with Crippen molar-refractivity contribution < 1.29 is 0 Å². The Kier molecular flexibility index (Phi) is 5.22. The van der Waals surface area contributed by atoms with Crippen molar-refractivity contribution in [3.8, 4) is 0 Å². The summed E-state index contributed by atoms with van der Waals surface area (Å²) in [6.45, 7) is 13.4. The maximum absolute atomic E-state index is 4.78. The standard InChI is InChI=1S/C16H30N4/c1-5-15(6-2)20-11-8-14(18-20)12-19-10-7-9-17-16(3,4)13-19/h8,11,15,17H,5-7,9-10,12-13H2,1-4H3. The predicted molar refractivity (Wildman–Crippen MR) is 83.8 cm³/mol. The Morgan fingerprint density at radius 3 is 2.80 bits per heavy atom. The summed E-state index contributed by atoms with van der Waals surface area (Å²) in [4.78, 5) is 2.53. The minimum Gasteiger partial charge on any atom is -0.310 e. The van der Waals surface area contributed by atoms with E-state index < -0.39 is 0 Å². The molecule has 114 valence electrons. The Morgan fingerprint density at radius 2 is 2.10 bits per heavy atom. The van der Waals surface area contributed by atoms with Gasteiger partial charge in [-0.05, 0) is 52.3 Å². The Bertz CT molecular complexity index is 406. The number of aromatic nitrogens is 2. The number of rotatable bonds is 5. The minimum atomic E-state index is 0.203. The van der Waals surface area contributed by atoms with Crippen molar-refractivity contribution in [2.45, 2.75) is 65.1 Å². The molecule has 2 heterocycles. The summed E-state index contributed by atoms with van der Waals surface area (Å²) in [5.74, 6) is 0. The molecule has 2 rings (SSSR count). The fraction of sp³-hybridized carbons (Fsp3) is 0.812. The topological polar surface area (TPSA) is 33.1 Å². The molecule has 1 fully saturated rings. The Hall–Kier alpha value is -0.870. The molecule has 20 heavy (non-hydrogen) atoms. The van der Waals surface area contributed by atoms with Crippen LogP contribution >= 0.6 is 0 Å². The molecular weight excluding hydrogens is 248 g/mol. The van der Waals surface area contributed by atoms with Gasteiger partial charge in [0.15, 0.2) is 0 Å². The van der Waals surface area contributed by atoms with Gasteiger partial charge in [0.25, 0.3) is 0 Å². The summed E-state index contributed by atoms with van der Waals surface area (Å²) in [6.07, 6.45) is 5.67. The highest BCUT2D eigenvalue weighted by Crippen LogP contribution is 2.17. The smallest absolute Gasteiger partial charge is 0.0764 e. The van der Waals surface area contributed by atoms with E-state index in [1.54, 1.807) is 0 Å². The maximum Gasteiger partial charge on any atom is 0.0764 e. The molecule has 0 atom stereocenters. The quantitative estimate of drug-likeness (QED) is 0.899. The number of nitrogens with zero attached hydrogens (tertiary/aromatic N) is 3. The largest absolute Gasteiger partial charge is 0.310 e. The monoisotopic (exact) mass is 278 g/mol. The number of hydrogen-bond acceptors (Lipinski definition) is 3. The van der Waals surface area contributed by atoms with Crippen LogP contribution in [0.3, 0.4) is 0 Å². The van der Waals surface area contributed by atoms with Gasteiger partial charge in [0.2, 0.25) is 0 Å². The molecule has 4 nitrogen and oxygen atoms in total. The van der Waals surface area contributed by atoms with Crippen molar-refractivity contribution in [1.29, 1.82) is 0 Å². The van der Waals surface area contributed by atoms with Crippen molar-refractivity contribution in [2.75, 3.05) is 19.6 Å². The number of hydrogen-bond donors (Lipinski definition) is 1. The van der Waals surface area contributed by atoms with Crippen LogP contribution < -0.4 is 5.32 Å². The molecule has 0 unspecified atom stereocenters. The van der Waals surface area contributed by atoms with Crippen LogP contribution in [0.4, 0.5) is 0 Å². The summed E-state index contributed by atoms with van der Waals surface area (Å²) in [6, 6.07) is 2.73. The van der Waals surface area contributed by atoms with Gasteiger partial charge >= 0.3 is 0 Å².